The predicted octanol–water partition coefficient (Wildman–Crippen LogP) is 3.70. The number of hydrogen-bond donors (Lipinski definition) is 0. The molecule has 0 fully saturated rings. The molecule has 0 aliphatic carbocycles. The molecule has 2 aromatic carbocycles. The molecule has 0 atom stereocenters. The number of nitrogens with zero attached hydrogens (tertiary/aromatic N) is 3. The van der Waals surface area contributed by atoms with Crippen molar-refractivity contribution in [1.82, 2.24) is 0 Å². The van der Waals surface area contributed by atoms with Gasteiger partial charge in [0.2, 0.25) is 0 Å². The molecule has 23 heavy (non-hydrogen) atoms. The lowest BCUT2D eigenvalue weighted by Crippen LogP contribution is -2.01. The Morgan fingerprint density at radius 2 is 1.30 bits per heavy atom. The van der Waals surface area contributed by atoms with Gasteiger partial charge in [-0.3, -0.25) is 30.3 Å². The molecule has 0 N–H and O–H groups in total. The van der Waals surface area contributed by atoms with Crippen LogP contribution in [0.5, 0.6) is 0 Å². The van der Waals surface area contributed by atoms with Crippen LogP contribution < -0.4 is 0 Å². The van der Waals surface area contributed by atoms with Crippen LogP contribution >= 0.6 is 0 Å². The van der Waals surface area contributed by atoms with Gasteiger partial charge in [0.1, 0.15) is 0 Å². The minimum atomic E-state index is -0.841. The summed E-state index contributed by atoms with van der Waals surface area (Å²) in [5, 5.41) is 33.5. The zero-order valence-electron chi connectivity index (χ0n) is 12.2. The van der Waals surface area contributed by atoms with E-state index in [9.17, 15) is 30.3 Å². The first kappa shape index (κ1) is 16.0. The third-order valence-electron chi connectivity index (χ3n) is 3.43. The van der Waals surface area contributed by atoms with E-state index in [1.54, 1.807) is 0 Å². The van der Waals surface area contributed by atoms with E-state index in [0.29, 0.717) is 5.56 Å². The molecule has 2 rings (SSSR count). The number of nitro benzene ring substituents is 3. The van der Waals surface area contributed by atoms with E-state index in [4.69, 9.17) is 0 Å². The van der Waals surface area contributed by atoms with Crippen molar-refractivity contribution in [3.05, 3.63) is 71.8 Å². The fourth-order valence-corrected chi connectivity index (χ4v) is 2.30. The smallest absolute Gasteiger partial charge is 0.258 e. The van der Waals surface area contributed by atoms with Crippen LogP contribution in [0.15, 0.2) is 30.3 Å². The molecule has 9 heteroatoms. The third-order valence-corrected chi connectivity index (χ3v) is 3.43. The highest BCUT2D eigenvalue weighted by Gasteiger charge is 2.32. The van der Waals surface area contributed by atoms with E-state index < -0.39 is 26.1 Å². The van der Waals surface area contributed by atoms with Crippen molar-refractivity contribution in [3.63, 3.8) is 0 Å². The van der Waals surface area contributed by atoms with E-state index in [1.165, 1.54) is 44.2 Å². The molecule has 0 radical (unpaired) electrons. The fourth-order valence-electron chi connectivity index (χ4n) is 2.30. The van der Waals surface area contributed by atoms with E-state index in [-0.39, 0.29) is 22.4 Å². The molecular weight excluding hydrogens is 306 g/mol. The highest BCUT2D eigenvalue weighted by molar-refractivity contribution is 5.82. The van der Waals surface area contributed by atoms with E-state index in [2.05, 4.69) is 0 Å². The summed E-state index contributed by atoms with van der Waals surface area (Å²) in [5.41, 5.74) is -0.813. The van der Waals surface area contributed by atoms with Crippen molar-refractivity contribution in [3.8, 4) is 11.1 Å². The maximum atomic E-state index is 11.3. The van der Waals surface area contributed by atoms with Gasteiger partial charge in [-0.1, -0.05) is 18.2 Å². The summed E-state index contributed by atoms with van der Waals surface area (Å²) >= 11 is 0. The van der Waals surface area contributed by atoms with Crippen molar-refractivity contribution < 1.29 is 14.8 Å². The van der Waals surface area contributed by atoms with Crippen LogP contribution in [0, 0.1) is 44.2 Å². The molecule has 2 aromatic rings. The fraction of sp³-hybridized carbons (Fsp3) is 0.143. The topological polar surface area (TPSA) is 129 Å². The lowest BCUT2D eigenvalue weighted by Gasteiger charge is -2.06. The van der Waals surface area contributed by atoms with E-state index >= 15 is 0 Å². The van der Waals surface area contributed by atoms with Gasteiger partial charge in [-0.2, -0.15) is 0 Å². The maximum absolute atomic E-state index is 11.3. The number of benzene rings is 2. The first-order valence-electron chi connectivity index (χ1n) is 6.41. The maximum Gasteiger partial charge on any atom is 0.354 e. The van der Waals surface area contributed by atoms with E-state index in [0.717, 1.165) is 0 Å². The van der Waals surface area contributed by atoms with Gasteiger partial charge in [-0.15, -0.1) is 0 Å². The van der Waals surface area contributed by atoms with Crippen molar-refractivity contribution >= 4 is 17.1 Å². The minimum absolute atomic E-state index is 0.0320. The first-order chi connectivity index (χ1) is 10.7. The largest absolute Gasteiger partial charge is 0.354 e. The van der Waals surface area contributed by atoms with Gasteiger partial charge in [-0.25, -0.2) is 0 Å². The van der Waals surface area contributed by atoms with Crippen LogP contribution in [-0.4, -0.2) is 14.8 Å². The van der Waals surface area contributed by atoms with Crippen LogP contribution in [0.25, 0.3) is 11.1 Å². The number of aryl methyl sites for hydroxylation is 2. The van der Waals surface area contributed by atoms with Gasteiger partial charge in [0.25, 0.3) is 5.69 Å². The van der Waals surface area contributed by atoms with Crippen molar-refractivity contribution in [2.75, 3.05) is 0 Å². The van der Waals surface area contributed by atoms with Gasteiger partial charge in [0, 0.05) is 17.2 Å². The Morgan fingerprint density at radius 3 is 1.83 bits per heavy atom. The lowest BCUT2D eigenvalue weighted by atomic mass is 9.98. The Bertz CT molecular complexity index is 847. The highest BCUT2D eigenvalue weighted by atomic mass is 16.6. The number of rotatable bonds is 4. The molecule has 0 amide bonds. The second-order valence-corrected chi connectivity index (χ2v) is 4.90. The lowest BCUT2D eigenvalue weighted by molar-refractivity contribution is -0.422. The van der Waals surface area contributed by atoms with Gasteiger partial charge < -0.3 is 0 Å². The first-order valence-corrected chi connectivity index (χ1v) is 6.41. The number of nitro groups is 3. The van der Waals surface area contributed by atoms with Crippen molar-refractivity contribution in [1.29, 1.82) is 0 Å². The standard InChI is InChI=1S/C14H11N3O6/c1-8-3-5-10(7-12(8)15(18)19)11-6-4-9(2)13(16(20)21)14(11)17(22)23/h3-7H,1-2H3. The summed E-state index contributed by atoms with van der Waals surface area (Å²) in [7, 11) is 0. The zero-order chi connectivity index (χ0) is 17.3. The molecule has 9 nitrogen and oxygen atoms in total. The molecule has 0 saturated carbocycles. The molecule has 0 spiro atoms. The third kappa shape index (κ3) is 2.84. The monoisotopic (exact) mass is 317 g/mol. The van der Waals surface area contributed by atoms with Crippen LogP contribution in [0.3, 0.4) is 0 Å². The molecule has 0 saturated heterocycles. The predicted molar refractivity (Wildman–Crippen MR) is 81.3 cm³/mol. The summed E-state index contributed by atoms with van der Waals surface area (Å²) in [6.45, 7) is 2.93. The van der Waals surface area contributed by atoms with Gasteiger partial charge in [-0.05, 0) is 25.5 Å². The Balaban J connectivity index is 2.81. The normalized spacial score (nSPS) is 10.3. The second-order valence-electron chi connectivity index (χ2n) is 4.90. The molecule has 118 valence electrons. The summed E-state index contributed by atoms with van der Waals surface area (Å²) in [5.74, 6) is 0. The van der Waals surface area contributed by atoms with Crippen molar-refractivity contribution in [2.24, 2.45) is 0 Å². The molecule has 0 bridgehead atoms. The molecule has 0 unspecified atom stereocenters. The van der Waals surface area contributed by atoms with Crippen LogP contribution in [0.4, 0.5) is 17.1 Å². The summed E-state index contributed by atoms with van der Waals surface area (Å²) in [6.07, 6.45) is 0. The van der Waals surface area contributed by atoms with Gasteiger partial charge >= 0.3 is 11.4 Å². The Hall–Kier alpha value is -3.36. The van der Waals surface area contributed by atoms with Crippen molar-refractivity contribution in [2.45, 2.75) is 13.8 Å². The Kier molecular flexibility index (Phi) is 4.04. The quantitative estimate of drug-likeness (QED) is 0.624. The SMILES string of the molecule is Cc1ccc(-c2ccc(C)c([N+](=O)[O-])c2[N+](=O)[O-])cc1[N+](=O)[O-]. The number of hydrogen-bond acceptors (Lipinski definition) is 6. The average molecular weight is 317 g/mol. The van der Waals surface area contributed by atoms with Crippen LogP contribution in [0.2, 0.25) is 0 Å². The highest BCUT2D eigenvalue weighted by Crippen LogP contribution is 2.40. The van der Waals surface area contributed by atoms with Gasteiger partial charge in [0.15, 0.2) is 0 Å². The zero-order valence-corrected chi connectivity index (χ0v) is 12.2. The van der Waals surface area contributed by atoms with Crippen LogP contribution in [0.1, 0.15) is 11.1 Å². The van der Waals surface area contributed by atoms with Crippen LogP contribution in [-0.2, 0) is 0 Å². The van der Waals surface area contributed by atoms with Gasteiger partial charge in [0.05, 0.1) is 20.3 Å². The Labute approximate surface area is 129 Å². The molecular formula is C14H11N3O6. The molecule has 0 aliphatic rings. The summed E-state index contributed by atoms with van der Waals surface area (Å²) in [6, 6.07) is 6.82. The summed E-state index contributed by atoms with van der Waals surface area (Å²) in [4.78, 5) is 31.2. The molecule has 0 aromatic heterocycles. The van der Waals surface area contributed by atoms with E-state index in [1.807, 2.05) is 0 Å². The molecule has 0 heterocycles. The Morgan fingerprint density at radius 1 is 0.739 bits per heavy atom. The molecule has 0 aliphatic heterocycles. The summed E-state index contributed by atoms with van der Waals surface area (Å²) < 4.78 is 0. The average Bonchev–Trinajstić information content (AvgIpc) is 2.46. The second kappa shape index (κ2) is 5.79. The minimum Gasteiger partial charge on any atom is -0.258 e.